The Labute approximate surface area is 104 Å². The monoisotopic (exact) mass is 244 g/mol. The van der Waals surface area contributed by atoms with Crippen LogP contribution in [0.25, 0.3) is 0 Å². The summed E-state index contributed by atoms with van der Waals surface area (Å²) in [4.78, 5) is 22.2. The number of hydrogen-bond donors (Lipinski definition) is 0. The van der Waals surface area contributed by atoms with Crippen molar-refractivity contribution in [2.24, 2.45) is 0 Å². The van der Waals surface area contributed by atoms with Crippen LogP contribution in [0.3, 0.4) is 0 Å². The molecule has 0 spiro atoms. The van der Waals surface area contributed by atoms with Crippen molar-refractivity contribution in [3.05, 3.63) is 0 Å². The maximum atomic E-state index is 11.2. The Morgan fingerprint density at radius 1 is 1.00 bits per heavy atom. The van der Waals surface area contributed by atoms with Crippen LogP contribution in [0.2, 0.25) is 0 Å². The van der Waals surface area contributed by atoms with Crippen LogP contribution in [0.5, 0.6) is 0 Å². The molecule has 0 rings (SSSR count). The maximum absolute atomic E-state index is 11.2. The van der Waals surface area contributed by atoms with Crippen LogP contribution in [-0.4, -0.2) is 24.6 Å². The van der Waals surface area contributed by atoms with Gasteiger partial charge in [0.25, 0.3) is 0 Å². The number of rotatable bonds is 9. The molecule has 0 aliphatic rings. The summed E-state index contributed by atoms with van der Waals surface area (Å²) in [6.07, 6.45) is 4.38. The minimum Gasteiger partial charge on any atom is -0.462 e. The Morgan fingerprint density at radius 2 is 1.65 bits per heavy atom. The second-order valence-electron chi connectivity index (χ2n) is 4.00. The minimum absolute atomic E-state index is 0.183. The van der Waals surface area contributed by atoms with Gasteiger partial charge in [-0.1, -0.05) is 33.6 Å². The quantitative estimate of drug-likeness (QED) is 0.462. The highest BCUT2D eigenvalue weighted by molar-refractivity contribution is 5.69. The predicted octanol–water partition coefficient (Wildman–Crippen LogP) is 2.84. The van der Waals surface area contributed by atoms with Gasteiger partial charge in [0.05, 0.1) is 0 Å². The Kier molecular flexibility index (Phi) is 9.49. The van der Waals surface area contributed by atoms with E-state index in [1.54, 1.807) is 13.8 Å². The van der Waals surface area contributed by atoms with E-state index in [1.165, 1.54) is 0 Å². The van der Waals surface area contributed by atoms with Crippen molar-refractivity contribution in [1.82, 2.24) is 0 Å². The molecule has 0 saturated heterocycles. The van der Waals surface area contributed by atoms with Crippen LogP contribution in [0, 0.1) is 0 Å². The first kappa shape index (κ1) is 15.9. The second kappa shape index (κ2) is 10.1. The molecule has 0 amide bonds. The first-order valence-corrected chi connectivity index (χ1v) is 6.49. The highest BCUT2D eigenvalue weighted by atomic mass is 16.6. The first-order chi connectivity index (χ1) is 8.13. The SMILES string of the molecule is CCCCCC(COC(=O)CC)OC(=O)CC. The normalized spacial score (nSPS) is 11.9. The topological polar surface area (TPSA) is 52.6 Å². The summed E-state index contributed by atoms with van der Waals surface area (Å²) >= 11 is 0. The number of carbonyl (C=O) groups excluding carboxylic acids is 2. The Balaban J connectivity index is 4.00. The number of esters is 2. The van der Waals surface area contributed by atoms with Crippen LogP contribution in [0.15, 0.2) is 0 Å². The summed E-state index contributed by atoms with van der Waals surface area (Å²) in [5.74, 6) is -0.489. The molecule has 0 aromatic carbocycles. The summed E-state index contributed by atoms with van der Waals surface area (Å²) in [6.45, 7) is 5.79. The van der Waals surface area contributed by atoms with Crippen molar-refractivity contribution in [2.45, 2.75) is 65.4 Å². The molecule has 1 atom stereocenters. The number of ether oxygens (including phenoxy) is 2. The molecule has 4 heteroatoms. The second-order valence-corrected chi connectivity index (χ2v) is 4.00. The molecule has 0 aliphatic heterocycles. The molecule has 0 fully saturated rings. The summed E-state index contributed by atoms with van der Waals surface area (Å²) in [5, 5.41) is 0. The van der Waals surface area contributed by atoms with E-state index in [0.29, 0.717) is 12.8 Å². The third-order valence-electron chi connectivity index (χ3n) is 2.44. The largest absolute Gasteiger partial charge is 0.462 e. The first-order valence-electron chi connectivity index (χ1n) is 6.49. The number of hydrogen-bond acceptors (Lipinski definition) is 4. The summed E-state index contributed by atoms with van der Waals surface area (Å²) in [6, 6.07) is 0. The fourth-order valence-corrected chi connectivity index (χ4v) is 1.36. The van der Waals surface area contributed by atoms with Crippen LogP contribution < -0.4 is 0 Å². The van der Waals surface area contributed by atoms with Crippen molar-refractivity contribution in [2.75, 3.05) is 6.61 Å². The number of unbranched alkanes of at least 4 members (excludes halogenated alkanes) is 2. The van der Waals surface area contributed by atoms with Gasteiger partial charge in [-0.15, -0.1) is 0 Å². The number of carbonyl (C=O) groups is 2. The molecule has 0 bridgehead atoms. The van der Waals surface area contributed by atoms with Crippen molar-refractivity contribution in [1.29, 1.82) is 0 Å². The van der Waals surface area contributed by atoms with E-state index in [9.17, 15) is 9.59 Å². The molecular weight excluding hydrogens is 220 g/mol. The Morgan fingerprint density at radius 3 is 2.18 bits per heavy atom. The highest BCUT2D eigenvalue weighted by Crippen LogP contribution is 2.09. The standard InChI is InChI=1S/C13H24O4/c1-4-7-8-9-11(17-13(15)6-3)10-16-12(14)5-2/h11H,4-10H2,1-3H3. The van der Waals surface area contributed by atoms with Crippen molar-refractivity contribution in [3.63, 3.8) is 0 Å². The van der Waals surface area contributed by atoms with E-state index < -0.39 is 0 Å². The van der Waals surface area contributed by atoms with E-state index in [0.717, 1.165) is 25.7 Å². The predicted molar refractivity (Wildman–Crippen MR) is 65.6 cm³/mol. The molecular formula is C13H24O4. The third-order valence-corrected chi connectivity index (χ3v) is 2.44. The molecule has 100 valence electrons. The lowest BCUT2D eigenvalue weighted by Gasteiger charge is -2.17. The highest BCUT2D eigenvalue weighted by Gasteiger charge is 2.15. The molecule has 0 aromatic heterocycles. The molecule has 0 radical (unpaired) electrons. The average Bonchev–Trinajstić information content (AvgIpc) is 2.35. The zero-order valence-electron chi connectivity index (χ0n) is 11.2. The van der Waals surface area contributed by atoms with E-state index in [-0.39, 0.29) is 24.6 Å². The zero-order chi connectivity index (χ0) is 13.1. The van der Waals surface area contributed by atoms with Crippen LogP contribution in [0.4, 0.5) is 0 Å². The van der Waals surface area contributed by atoms with Gasteiger partial charge in [-0.3, -0.25) is 9.59 Å². The summed E-state index contributed by atoms with van der Waals surface area (Å²) in [5.41, 5.74) is 0. The maximum Gasteiger partial charge on any atom is 0.305 e. The molecule has 0 aliphatic carbocycles. The van der Waals surface area contributed by atoms with Crippen LogP contribution in [-0.2, 0) is 19.1 Å². The van der Waals surface area contributed by atoms with E-state index in [4.69, 9.17) is 9.47 Å². The van der Waals surface area contributed by atoms with Crippen molar-refractivity contribution >= 4 is 11.9 Å². The lowest BCUT2D eigenvalue weighted by atomic mass is 10.1. The third kappa shape index (κ3) is 8.72. The smallest absolute Gasteiger partial charge is 0.305 e. The Hall–Kier alpha value is -1.06. The van der Waals surface area contributed by atoms with Crippen molar-refractivity contribution < 1.29 is 19.1 Å². The van der Waals surface area contributed by atoms with Crippen LogP contribution >= 0.6 is 0 Å². The molecule has 0 aromatic rings. The van der Waals surface area contributed by atoms with E-state index >= 15 is 0 Å². The molecule has 0 saturated carbocycles. The van der Waals surface area contributed by atoms with Gasteiger partial charge < -0.3 is 9.47 Å². The van der Waals surface area contributed by atoms with Crippen molar-refractivity contribution in [3.8, 4) is 0 Å². The lowest BCUT2D eigenvalue weighted by molar-refractivity contribution is -0.159. The van der Waals surface area contributed by atoms with E-state index in [2.05, 4.69) is 6.92 Å². The summed E-state index contributed by atoms with van der Waals surface area (Å²) in [7, 11) is 0. The fraction of sp³-hybridized carbons (Fsp3) is 0.846. The molecule has 4 nitrogen and oxygen atoms in total. The van der Waals surface area contributed by atoms with Crippen LogP contribution in [0.1, 0.15) is 59.3 Å². The average molecular weight is 244 g/mol. The minimum atomic E-state index is -0.288. The summed E-state index contributed by atoms with van der Waals surface area (Å²) < 4.78 is 10.2. The van der Waals surface area contributed by atoms with Gasteiger partial charge in [0.15, 0.2) is 0 Å². The van der Waals surface area contributed by atoms with Gasteiger partial charge in [-0.25, -0.2) is 0 Å². The molecule has 0 N–H and O–H groups in total. The van der Waals surface area contributed by atoms with E-state index in [1.807, 2.05) is 0 Å². The molecule has 17 heavy (non-hydrogen) atoms. The molecule has 0 heterocycles. The van der Waals surface area contributed by atoms with Gasteiger partial charge >= 0.3 is 11.9 Å². The zero-order valence-corrected chi connectivity index (χ0v) is 11.2. The van der Waals surface area contributed by atoms with Gasteiger partial charge in [-0.2, -0.15) is 0 Å². The van der Waals surface area contributed by atoms with Gasteiger partial charge in [-0.05, 0) is 12.8 Å². The lowest BCUT2D eigenvalue weighted by Crippen LogP contribution is -2.24. The molecule has 1 unspecified atom stereocenters. The van der Waals surface area contributed by atoms with Gasteiger partial charge in [0, 0.05) is 12.8 Å². The Bertz CT molecular complexity index is 225. The van der Waals surface area contributed by atoms with Gasteiger partial charge in [0.1, 0.15) is 12.7 Å². The fourth-order valence-electron chi connectivity index (χ4n) is 1.36. The van der Waals surface area contributed by atoms with Gasteiger partial charge in [0.2, 0.25) is 0 Å².